The highest BCUT2D eigenvalue weighted by molar-refractivity contribution is 5.65. The number of nitrogen functional groups attached to an aromatic ring is 1. The zero-order valence-corrected chi connectivity index (χ0v) is 10.7. The lowest BCUT2D eigenvalue weighted by atomic mass is 9.95. The Morgan fingerprint density at radius 1 is 1.42 bits per heavy atom. The van der Waals surface area contributed by atoms with E-state index in [2.05, 4.69) is 0 Å². The summed E-state index contributed by atoms with van der Waals surface area (Å²) in [5.41, 5.74) is 5.41. The molecule has 0 amide bonds. The molecule has 0 atom stereocenters. The molecule has 0 unspecified atom stereocenters. The number of nitrogens with two attached hydrogens (primary N) is 1. The summed E-state index contributed by atoms with van der Waals surface area (Å²) in [5, 5.41) is 0. The number of nitrogens with zero attached hydrogens (tertiary/aromatic N) is 1. The molecule has 0 radical (unpaired) electrons. The average molecular weight is 270 g/mol. The van der Waals surface area contributed by atoms with E-state index in [0.717, 1.165) is 12.1 Å². The van der Waals surface area contributed by atoms with Gasteiger partial charge >= 0.3 is 5.97 Å². The van der Waals surface area contributed by atoms with Crippen LogP contribution in [0, 0.1) is 17.6 Å². The fraction of sp³-hybridized carbons (Fsp3) is 0.462. The zero-order valence-electron chi connectivity index (χ0n) is 10.7. The first-order chi connectivity index (χ1) is 8.97. The third-order valence-corrected chi connectivity index (χ3v) is 3.14. The quantitative estimate of drug-likeness (QED) is 0.671. The fourth-order valence-electron chi connectivity index (χ4n) is 2.19. The number of hydrogen-bond acceptors (Lipinski definition) is 4. The molecular weight excluding hydrogens is 254 g/mol. The highest BCUT2D eigenvalue weighted by Gasteiger charge is 2.30. The van der Waals surface area contributed by atoms with E-state index in [9.17, 15) is 13.6 Å². The van der Waals surface area contributed by atoms with Crippen LogP contribution in [0.25, 0.3) is 0 Å². The molecule has 1 aromatic carbocycles. The number of hydrogen-bond donors (Lipinski definition) is 1. The number of ether oxygens (including phenoxy) is 1. The van der Waals surface area contributed by atoms with Crippen molar-refractivity contribution in [3.05, 3.63) is 23.8 Å². The van der Waals surface area contributed by atoms with Crippen LogP contribution in [-0.4, -0.2) is 25.7 Å². The molecule has 4 nitrogen and oxygen atoms in total. The summed E-state index contributed by atoms with van der Waals surface area (Å²) in [6, 6.07) is 2.23. The maximum absolute atomic E-state index is 13.6. The van der Waals surface area contributed by atoms with Crippen molar-refractivity contribution in [2.45, 2.75) is 13.3 Å². The minimum absolute atomic E-state index is 0.0297. The van der Waals surface area contributed by atoms with Crippen LogP contribution in [0.5, 0.6) is 0 Å². The second-order valence-corrected chi connectivity index (χ2v) is 4.73. The first kappa shape index (κ1) is 13.6. The van der Waals surface area contributed by atoms with Crippen molar-refractivity contribution in [3.63, 3.8) is 0 Å². The molecule has 1 aliphatic rings. The number of anilines is 2. The van der Waals surface area contributed by atoms with Gasteiger partial charge in [0.05, 0.1) is 6.61 Å². The zero-order chi connectivity index (χ0) is 14.0. The van der Waals surface area contributed by atoms with E-state index in [1.807, 2.05) is 0 Å². The summed E-state index contributed by atoms with van der Waals surface area (Å²) in [5.74, 6) is -1.31. The van der Waals surface area contributed by atoms with E-state index in [4.69, 9.17) is 10.5 Å². The van der Waals surface area contributed by atoms with Crippen molar-refractivity contribution in [2.24, 2.45) is 5.92 Å². The summed E-state index contributed by atoms with van der Waals surface area (Å²) in [6.45, 7) is 2.81. The Balaban J connectivity index is 1.88. The lowest BCUT2D eigenvalue weighted by molar-refractivity contribution is -0.141. The molecule has 104 valence electrons. The number of rotatable bonds is 4. The van der Waals surface area contributed by atoms with E-state index in [0.29, 0.717) is 26.1 Å². The highest BCUT2D eigenvalue weighted by atomic mass is 19.1. The Hall–Kier alpha value is -1.85. The molecule has 6 heteroatoms. The van der Waals surface area contributed by atoms with Crippen LogP contribution in [0.15, 0.2) is 12.1 Å². The Bertz CT molecular complexity index is 465. The van der Waals surface area contributed by atoms with Gasteiger partial charge in [0.1, 0.15) is 5.69 Å². The molecule has 1 heterocycles. The number of halogens is 2. The van der Waals surface area contributed by atoms with Gasteiger partial charge in [0.2, 0.25) is 0 Å². The number of carbonyl (C=O) groups excluding carboxylic acids is 1. The molecule has 2 rings (SSSR count). The second kappa shape index (κ2) is 5.42. The molecule has 1 aliphatic heterocycles. The Labute approximate surface area is 110 Å². The molecule has 1 aromatic rings. The lowest BCUT2D eigenvalue weighted by Gasteiger charge is -2.41. The molecule has 0 spiro atoms. The fourth-order valence-corrected chi connectivity index (χ4v) is 2.19. The number of carbonyl (C=O) groups is 1. The van der Waals surface area contributed by atoms with Gasteiger partial charge in [0.15, 0.2) is 11.6 Å². The molecule has 0 bridgehead atoms. The Morgan fingerprint density at radius 2 is 2.00 bits per heavy atom. The molecule has 0 saturated carbocycles. The van der Waals surface area contributed by atoms with Gasteiger partial charge in [-0.15, -0.1) is 0 Å². The van der Waals surface area contributed by atoms with E-state index >= 15 is 0 Å². The lowest BCUT2D eigenvalue weighted by Crippen LogP contribution is -2.48. The predicted octanol–water partition coefficient (Wildman–Crippen LogP) is 1.94. The molecule has 1 fully saturated rings. The van der Waals surface area contributed by atoms with Gasteiger partial charge in [-0.1, -0.05) is 0 Å². The van der Waals surface area contributed by atoms with Crippen LogP contribution in [0.3, 0.4) is 0 Å². The standard InChI is InChI=1S/C13H16F2N2O2/c1-8(18)19-3-2-9-6-17(7-9)13-11(14)4-10(16)5-12(13)15/h4-5,9H,2-3,6-7,16H2,1H3. The van der Waals surface area contributed by atoms with Crippen LogP contribution in [-0.2, 0) is 9.53 Å². The van der Waals surface area contributed by atoms with Crippen LogP contribution >= 0.6 is 0 Å². The van der Waals surface area contributed by atoms with E-state index in [1.165, 1.54) is 6.92 Å². The minimum Gasteiger partial charge on any atom is -0.466 e. The van der Waals surface area contributed by atoms with Crippen LogP contribution in [0.2, 0.25) is 0 Å². The number of esters is 1. The van der Waals surface area contributed by atoms with Crippen molar-refractivity contribution >= 4 is 17.3 Å². The minimum atomic E-state index is -0.643. The largest absolute Gasteiger partial charge is 0.466 e. The second-order valence-electron chi connectivity index (χ2n) is 4.73. The van der Waals surface area contributed by atoms with Crippen molar-refractivity contribution in [3.8, 4) is 0 Å². The molecule has 0 aromatic heterocycles. The predicted molar refractivity (Wildman–Crippen MR) is 67.7 cm³/mol. The summed E-state index contributed by atoms with van der Waals surface area (Å²) in [7, 11) is 0. The number of benzene rings is 1. The molecule has 1 saturated heterocycles. The Morgan fingerprint density at radius 3 is 2.53 bits per heavy atom. The summed E-state index contributed by atoms with van der Waals surface area (Å²) in [4.78, 5) is 12.2. The molecule has 19 heavy (non-hydrogen) atoms. The third-order valence-electron chi connectivity index (χ3n) is 3.14. The van der Waals surface area contributed by atoms with E-state index < -0.39 is 11.6 Å². The monoisotopic (exact) mass is 270 g/mol. The van der Waals surface area contributed by atoms with Crippen LogP contribution in [0.1, 0.15) is 13.3 Å². The van der Waals surface area contributed by atoms with Gasteiger partial charge < -0.3 is 15.4 Å². The SMILES string of the molecule is CC(=O)OCCC1CN(c2c(F)cc(N)cc2F)C1. The molecular formula is C13H16F2N2O2. The molecule has 0 aliphatic carbocycles. The van der Waals surface area contributed by atoms with Gasteiger partial charge in [-0.3, -0.25) is 4.79 Å². The summed E-state index contributed by atoms with van der Waals surface area (Å²) >= 11 is 0. The maximum atomic E-state index is 13.6. The van der Waals surface area contributed by atoms with Crippen molar-refractivity contribution in [1.82, 2.24) is 0 Å². The van der Waals surface area contributed by atoms with Gasteiger partial charge in [-0.25, -0.2) is 8.78 Å². The summed E-state index contributed by atoms with van der Waals surface area (Å²) in [6.07, 6.45) is 0.703. The average Bonchev–Trinajstić information content (AvgIpc) is 2.22. The third kappa shape index (κ3) is 3.13. The first-order valence-electron chi connectivity index (χ1n) is 6.10. The van der Waals surface area contributed by atoms with Gasteiger partial charge in [-0.2, -0.15) is 0 Å². The van der Waals surface area contributed by atoms with Gasteiger partial charge in [0, 0.05) is 25.7 Å². The highest BCUT2D eigenvalue weighted by Crippen LogP contribution is 2.32. The van der Waals surface area contributed by atoms with Crippen LogP contribution in [0.4, 0.5) is 20.2 Å². The smallest absolute Gasteiger partial charge is 0.302 e. The van der Waals surface area contributed by atoms with E-state index in [-0.39, 0.29) is 23.3 Å². The van der Waals surface area contributed by atoms with Crippen molar-refractivity contribution in [2.75, 3.05) is 30.3 Å². The maximum Gasteiger partial charge on any atom is 0.302 e. The van der Waals surface area contributed by atoms with E-state index in [1.54, 1.807) is 4.90 Å². The summed E-state index contributed by atoms with van der Waals surface area (Å²) < 4.78 is 32.1. The normalized spacial score (nSPS) is 15.2. The van der Waals surface area contributed by atoms with Gasteiger partial charge in [0.25, 0.3) is 0 Å². The molecule has 2 N–H and O–H groups in total. The Kier molecular flexibility index (Phi) is 3.87. The van der Waals surface area contributed by atoms with Crippen LogP contribution < -0.4 is 10.6 Å². The van der Waals surface area contributed by atoms with Crippen molar-refractivity contribution in [1.29, 1.82) is 0 Å². The first-order valence-corrected chi connectivity index (χ1v) is 6.10. The topological polar surface area (TPSA) is 55.6 Å². The van der Waals surface area contributed by atoms with Gasteiger partial charge in [-0.05, 0) is 24.5 Å². The van der Waals surface area contributed by atoms with Crippen molar-refractivity contribution < 1.29 is 18.3 Å².